The van der Waals surface area contributed by atoms with Gasteiger partial charge in [-0.1, -0.05) is 0 Å². The summed E-state index contributed by atoms with van der Waals surface area (Å²) in [4.78, 5) is 48.8. The van der Waals surface area contributed by atoms with E-state index in [9.17, 15) is 40.0 Å². The summed E-state index contributed by atoms with van der Waals surface area (Å²) in [6.07, 6.45) is 0.0394. The van der Waals surface area contributed by atoms with Crippen LogP contribution < -0.4 is 0 Å². The molecule has 0 spiro atoms. The standard InChI is InChI=1S/C20H20N4O8.2ClH/c25-17(14-11-16(24(31)32)19(27)18(26)12-14)5-6-21-7-9-22(10-8-21)20(28)13-1-3-15(4-2-13)23(29)30;;/h1-4,11-12,26-27H,5-10H2;2*1H. The van der Waals surface area contributed by atoms with Crippen molar-refractivity contribution in [2.24, 2.45) is 0 Å². The van der Waals surface area contributed by atoms with Gasteiger partial charge in [-0.05, 0) is 18.2 Å². The molecular weight excluding hydrogens is 495 g/mol. The summed E-state index contributed by atoms with van der Waals surface area (Å²) in [5, 5.41) is 40.8. The van der Waals surface area contributed by atoms with Crippen molar-refractivity contribution in [1.82, 2.24) is 9.80 Å². The Labute approximate surface area is 205 Å². The number of Topliss-reactive ketones (excluding diaryl/α,β-unsaturated/α-hetero) is 1. The van der Waals surface area contributed by atoms with Gasteiger partial charge < -0.3 is 15.1 Å². The predicted octanol–water partition coefficient (Wildman–Crippen LogP) is 2.79. The average molecular weight is 517 g/mol. The monoisotopic (exact) mass is 516 g/mol. The molecule has 184 valence electrons. The number of amides is 1. The first-order valence-electron chi connectivity index (χ1n) is 9.67. The van der Waals surface area contributed by atoms with Crippen molar-refractivity contribution in [3.63, 3.8) is 0 Å². The minimum atomic E-state index is -0.889. The van der Waals surface area contributed by atoms with Crippen LogP contribution in [0.5, 0.6) is 11.5 Å². The Bertz CT molecular complexity index is 1070. The fraction of sp³-hybridized carbons (Fsp3) is 0.300. The number of piperazine rings is 1. The van der Waals surface area contributed by atoms with Gasteiger partial charge in [-0.3, -0.25) is 34.7 Å². The maximum absolute atomic E-state index is 12.6. The lowest BCUT2D eigenvalue weighted by Crippen LogP contribution is -2.49. The van der Waals surface area contributed by atoms with Crippen LogP contribution in [0.2, 0.25) is 0 Å². The summed E-state index contributed by atoms with van der Waals surface area (Å²) in [7, 11) is 0. The SMILES string of the molecule is Cl.Cl.O=C(CCN1CCN(C(=O)c2ccc([N+](=O)[O-])cc2)CC1)c1cc(O)c(O)c([N+](=O)[O-])c1. The minimum absolute atomic E-state index is 0. The second kappa shape index (κ2) is 12.1. The second-order valence-corrected chi connectivity index (χ2v) is 7.23. The van der Waals surface area contributed by atoms with E-state index in [-0.39, 0.29) is 48.4 Å². The molecule has 1 aliphatic rings. The summed E-state index contributed by atoms with van der Waals surface area (Å²) in [5.41, 5.74) is -0.554. The van der Waals surface area contributed by atoms with E-state index in [1.807, 2.05) is 4.90 Å². The molecule has 1 aliphatic heterocycles. The Morgan fingerprint density at radius 1 is 0.882 bits per heavy atom. The lowest BCUT2D eigenvalue weighted by atomic mass is 10.1. The van der Waals surface area contributed by atoms with Gasteiger partial charge >= 0.3 is 5.69 Å². The first-order valence-corrected chi connectivity index (χ1v) is 9.67. The Morgan fingerprint density at radius 2 is 1.47 bits per heavy atom. The molecule has 2 N–H and O–H groups in total. The third-order valence-corrected chi connectivity index (χ3v) is 5.23. The van der Waals surface area contributed by atoms with Gasteiger partial charge in [0.05, 0.1) is 9.85 Å². The first-order chi connectivity index (χ1) is 15.2. The zero-order valence-corrected chi connectivity index (χ0v) is 19.3. The summed E-state index contributed by atoms with van der Waals surface area (Å²) >= 11 is 0. The number of ketones is 1. The fourth-order valence-electron chi connectivity index (χ4n) is 3.39. The molecule has 12 nitrogen and oxygen atoms in total. The van der Waals surface area contributed by atoms with Crippen LogP contribution in [0.15, 0.2) is 36.4 Å². The minimum Gasteiger partial charge on any atom is -0.504 e. The van der Waals surface area contributed by atoms with E-state index in [4.69, 9.17) is 0 Å². The van der Waals surface area contributed by atoms with Crippen LogP contribution in [0.1, 0.15) is 27.1 Å². The largest absolute Gasteiger partial charge is 0.504 e. The zero-order chi connectivity index (χ0) is 23.4. The van der Waals surface area contributed by atoms with Gasteiger partial charge in [-0.25, -0.2) is 0 Å². The zero-order valence-electron chi connectivity index (χ0n) is 17.7. The highest BCUT2D eigenvalue weighted by Gasteiger charge is 2.24. The number of nitro groups is 2. The van der Waals surface area contributed by atoms with Crippen LogP contribution >= 0.6 is 24.8 Å². The van der Waals surface area contributed by atoms with Crippen LogP contribution in [-0.2, 0) is 0 Å². The summed E-state index contributed by atoms with van der Waals surface area (Å²) in [6, 6.07) is 7.31. The van der Waals surface area contributed by atoms with Gasteiger partial charge in [0.1, 0.15) is 0 Å². The average Bonchev–Trinajstić information content (AvgIpc) is 2.78. The lowest BCUT2D eigenvalue weighted by Gasteiger charge is -2.34. The molecular formula is C20H22Cl2N4O8. The van der Waals surface area contributed by atoms with E-state index in [2.05, 4.69) is 0 Å². The smallest absolute Gasteiger partial charge is 0.315 e. The van der Waals surface area contributed by atoms with Gasteiger partial charge in [0.2, 0.25) is 5.75 Å². The van der Waals surface area contributed by atoms with E-state index in [0.717, 1.165) is 12.1 Å². The molecule has 34 heavy (non-hydrogen) atoms. The van der Waals surface area contributed by atoms with E-state index < -0.39 is 32.8 Å². The van der Waals surface area contributed by atoms with Crippen LogP contribution in [0.25, 0.3) is 0 Å². The molecule has 0 saturated carbocycles. The number of aromatic hydroxyl groups is 2. The van der Waals surface area contributed by atoms with E-state index >= 15 is 0 Å². The molecule has 1 amide bonds. The number of phenols is 2. The Kier molecular flexibility index (Phi) is 10.2. The molecule has 1 saturated heterocycles. The number of carbonyl (C=O) groups is 2. The molecule has 0 radical (unpaired) electrons. The van der Waals surface area contributed by atoms with Crippen molar-refractivity contribution in [3.8, 4) is 11.5 Å². The Hall–Kier alpha value is -3.48. The van der Waals surface area contributed by atoms with Crippen molar-refractivity contribution in [3.05, 3.63) is 67.8 Å². The van der Waals surface area contributed by atoms with Gasteiger partial charge in [-0.2, -0.15) is 0 Å². The number of phenolic OH excluding ortho intramolecular Hbond substituents is 2. The maximum atomic E-state index is 12.6. The van der Waals surface area contributed by atoms with Crippen LogP contribution in [0, 0.1) is 20.2 Å². The summed E-state index contributed by atoms with van der Waals surface area (Å²) in [6.45, 7) is 2.19. The summed E-state index contributed by atoms with van der Waals surface area (Å²) < 4.78 is 0. The third-order valence-electron chi connectivity index (χ3n) is 5.23. The molecule has 3 rings (SSSR count). The Balaban J connectivity index is 0.00000289. The predicted molar refractivity (Wildman–Crippen MR) is 125 cm³/mol. The van der Waals surface area contributed by atoms with Gasteiger partial charge in [0.25, 0.3) is 11.6 Å². The van der Waals surface area contributed by atoms with Crippen molar-refractivity contribution in [2.45, 2.75) is 6.42 Å². The van der Waals surface area contributed by atoms with Crippen molar-refractivity contribution in [2.75, 3.05) is 32.7 Å². The van der Waals surface area contributed by atoms with Crippen molar-refractivity contribution >= 4 is 47.9 Å². The normalized spacial score (nSPS) is 13.4. The molecule has 1 fully saturated rings. The highest BCUT2D eigenvalue weighted by molar-refractivity contribution is 5.97. The first kappa shape index (κ1) is 28.6. The third kappa shape index (κ3) is 6.53. The molecule has 0 bridgehead atoms. The van der Waals surface area contributed by atoms with Crippen LogP contribution in [0.4, 0.5) is 11.4 Å². The molecule has 0 aliphatic carbocycles. The number of rotatable bonds is 7. The van der Waals surface area contributed by atoms with E-state index in [1.165, 1.54) is 24.3 Å². The molecule has 0 aromatic heterocycles. The lowest BCUT2D eigenvalue weighted by molar-refractivity contribution is -0.386. The number of halogens is 2. The van der Waals surface area contributed by atoms with Gasteiger partial charge in [-0.15, -0.1) is 24.8 Å². The van der Waals surface area contributed by atoms with Gasteiger partial charge in [0, 0.05) is 68.5 Å². The number of nitrogens with zero attached hydrogens (tertiary/aromatic N) is 4. The van der Waals surface area contributed by atoms with E-state index in [0.29, 0.717) is 38.3 Å². The van der Waals surface area contributed by atoms with Crippen LogP contribution in [-0.4, -0.2) is 74.3 Å². The molecule has 0 atom stereocenters. The molecule has 0 unspecified atom stereocenters. The number of carbonyl (C=O) groups excluding carboxylic acids is 2. The van der Waals surface area contributed by atoms with E-state index in [1.54, 1.807) is 4.90 Å². The van der Waals surface area contributed by atoms with Crippen molar-refractivity contribution in [1.29, 1.82) is 0 Å². The highest BCUT2D eigenvalue weighted by Crippen LogP contribution is 2.36. The molecule has 14 heteroatoms. The number of non-ortho nitro benzene ring substituents is 1. The number of benzene rings is 2. The Morgan fingerprint density at radius 3 is 2.00 bits per heavy atom. The number of hydrogen-bond donors (Lipinski definition) is 2. The number of hydrogen-bond acceptors (Lipinski definition) is 9. The quantitative estimate of drug-likeness (QED) is 0.243. The van der Waals surface area contributed by atoms with Crippen molar-refractivity contribution < 1.29 is 29.6 Å². The van der Waals surface area contributed by atoms with Crippen LogP contribution in [0.3, 0.4) is 0 Å². The number of nitro benzene ring substituents is 2. The fourth-order valence-corrected chi connectivity index (χ4v) is 3.39. The maximum Gasteiger partial charge on any atom is 0.315 e. The molecule has 2 aromatic carbocycles. The summed E-state index contributed by atoms with van der Waals surface area (Å²) in [5.74, 6) is -2.28. The van der Waals surface area contributed by atoms with Gasteiger partial charge in [0.15, 0.2) is 11.5 Å². The second-order valence-electron chi connectivity index (χ2n) is 7.23. The highest BCUT2D eigenvalue weighted by atomic mass is 35.5. The molecule has 2 aromatic rings. The topological polar surface area (TPSA) is 167 Å². The molecule has 1 heterocycles.